The van der Waals surface area contributed by atoms with Crippen LogP contribution in [0.15, 0.2) is 0 Å². The van der Waals surface area contributed by atoms with Crippen molar-refractivity contribution in [2.75, 3.05) is 0 Å². The molecule has 0 aromatic rings. The molecule has 0 saturated carbocycles. The first kappa shape index (κ1) is 22.1. The molecule has 0 heterocycles. The maximum absolute atomic E-state index is 9.90. The molecule has 0 unspecified atom stereocenters. The van der Waals surface area contributed by atoms with Crippen LogP contribution in [0.25, 0.3) is 0 Å². The zero-order valence-electron chi connectivity index (χ0n) is 10.4. The second-order valence-electron chi connectivity index (χ2n) is 2.74. The van der Waals surface area contributed by atoms with E-state index in [0.29, 0.717) is 25.7 Å². The third kappa shape index (κ3) is 46.2. The van der Waals surface area contributed by atoms with E-state index in [4.69, 9.17) is 30.3 Å². The van der Waals surface area contributed by atoms with Gasteiger partial charge < -0.3 is 10.2 Å². The number of hydrogen-bond acceptors (Lipinski definition) is 6. The molecule has 0 aliphatic heterocycles. The average Bonchev–Trinajstić information content (AvgIpc) is 2.38. The highest BCUT2D eigenvalue weighted by molar-refractivity contribution is 5.67. The molecule has 0 spiro atoms. The Morgan fingerprint density at radius 2 is 1.20 bits per heavy atom. The third-order valence-corrected chi connectivity index (χ3v) is 1.28. The standard InChI is InChI=1S/C6H10O4.2C2H2N2O/c7-5(8)3-1-2-4-6(9)10;2*3-1-4-2-5/h1-4H2,(H,7,8)(H,9,10);2*2H,(H,4,5). The van der Waals surface area contributed by atoms with E-state index in [2.05, 4.69) is 0 Å². The number of nitriles is 2. The molecule has 0 atom stereocenters. The molecule has 0 aromatic heterocycles. The second-order valence-corrected chi connectivity index (χ2v) is 2.74. The maximum Gasteiger partial charge on any atom is 0.303 e. The van der Waals surface area contributed by atoms with Crippen LogP contribution in [0.2, 0.25) is 0 Å². The van der Waals surface area contributed by atoms with E-state index in [1.54, 1.807) is 10.6 Å². The number of hydrogen-bond donors (Lipinski definition) is 4. The van der Waals surface area contributed by atoms with Gasteiger partial charge in [-0.3, -0.25) is 29.8 Å². The Kier molecular flexibility index (Phi) is 23.4. The molecule has 0 fully saturated rings. The molecule has 20 heavy (non-hydrogen) atoms. The summed E-state index contributed by atoms with van der Waals surface area (Å²) in [5.41, 5.74) is 0. The van der Waals surface area contributed by atoms with Gasteiger partial charge in [-0.15, -0.1) is 0 Å². The molecule has 2 amide bonds. The van der Waals surface area contributed by atoms with Gasteiger partial charge in [0.25, 0.3) is 0 Å². The van der Waals surface area contributed by atoms with Crippen molar-refractivity contribution in [1.82, 2.24) is 10.6 Å². The number of rotatable bonds is 7. The summed E-state index contributed by atoms with van der Waals surface area (Å²) in [5.74, 6) is -1.74. The Labute approximate surface area is 114 Å². The molecule has 0 bridgehead atoms. The van der Waals surface area contributed by atoms with Crippen molar-refractivity contribution in [1.29, 1.82) is 10.5 Å². The molecule has 0 saturated heterocycles. The van der Waals surface area contributed by atoms with Gasteiger partial charge in [0.1, 0.15) is 0 Å². The Balaban J connectivity index is -0.000000244. The number of unbranched alkanes of at least 4 members (excludes halogenated alkanes) is 1. The molecule has 4 N–H and O–H groups in total. The van der Waals surface area contributed by atoms with E-state index in [0.717, 1.165) is 0 Å². The summed E-state index contributed by atoms with van der Waals surface area (Å²) in [7, 11) is 0. The van der Waals surface area contributed by atoms with Gasteiger partial charge in [-0.2, -0.15) is 10.5 Å². The van der Waals surface area contributed by atoms with Gasteiger partial charge in [0.05, 0.1) is 0 Å². The molecule has 0 rings (SSSR count). The summed E-state index contributed by atoms with van der Waals surface area (Å²) in [5, 5.41) is 34.7. The molecular weight excluding hydrogens is 272 g/mol. The summed E-state index contributed by atoms with van der Waals surface area (Å²) in [4.78, 5) is 37.9. The van der Waals surface area contributed by atoms with Gasteiger partial charge in [-0.1, -0.05) is 0 Å². The molecule has 10 heteroatoms. The Morgan fingerprint density at radius 1 is 0.900 bits per heavy atom. The van der Waals surface area contributed by atoms with Crippen molar-refractivity contribution in [3.8, 4) is 12.4 Å². The van der Waals surface area contributed by atoms with E-state index >= 15 is 0 Å². The summed E-state index contributed by atoms with van der Waals surface area (Å²) in [6, 6.07) is 0. The number of aliphatic carboxylic acids is 2. The highest BCUT2D eigenvalue weighted by Gasteiger charge is 1.99. The summed E-state index contributed by atoms with van der Waals surface area (Å²) >= 11 is 0. The molecule has 0 radical (unpaired) electrons. The van der Waals surface area contributed by atoms with Gasteiger partial charge in [-0.25, -0.2) is 0 Å². The predicted octanol–water partition coefficient (Wildman–Crippen LogP) is -0.857. The first-order chi connectivity index (χ1) is 9.45. The van der Waals surface area contributed by atoms with Crippen LogP contribution in [0.1, 0.15) is 25.7 Å². The maximum atomic E-state index is 9.90. The van der Waals surface area contributed by atoms with Crippen LogP contribution >= 0.6 is 0 Å². The molecule has 0 aliphatic carbocycles. The summed E-state index contributed by atoms with van der Waals surface area (Å²) in [6.07, 6.45) is 4.46. The number of carboxylic acid groups (broad SMARTS) is 2. The molecule has 0 aliphatic rings. The first-order valence-electron chi connectivity index (χ1n) is 5.06. The Hall–Kier alpha value is -3.14. The van der Waals surface area contributed by atoms with Crippen molar-refractivity contribution in [3.63, 3.8) is 0 Å². The largest absolute Gasteiger partial charge is 0.481 e. The van der Waals surface area contributed by atoms with Crippen LogP contribution < -0.4 is 10.6 Å². The molecule has 110 valence electrons. The summed E-state index contributed by atoms with van der Waals surface area (Å²) in [6.45, 7) is 0. The van der Waals surface area contributed by atoms with Crippen molar-refractivity contribution in [2.45, 2.75) is 25.7 Å². The fourth-order valence-corrected chi connectivity index (χ4v) is 0.605. The Bertz CT molecular complexity index is 335. The summed E-state index contributed by atoms with van der Waals surface area (Å²) < 4.78 is 0. The zero-order chi connectivity index (χ0) is 16.2. The van der Waals surface area contributed by atoms with Crippen molar-refractivity contribution >= 4 is 24.8 Å². The third-order valence-electron chi connectivity index (χ3n) is 1.28. The predicted molar refractivity (Wildman–Crippen MR) is 63.4 cm³/mol. The van der Waals surface area contributed by atoms with Gasteiger partial charge in [-0.05, 0) is 12.8 Å². The lowest BCUT2D eigenvalue weighted by molar-refractivity contribution is -0.139. The lowest BCUT2D eigenvalue weighted by Gasteiger charge is -1.92. The minimum absolute atomic E-state index is 0.0628. The monoisotopic (exact) mass is 286 g/mol. The van der Waals surface area contributed by atoms with Crippen LogP contribution in [0.3, 0.4) is 0 Å². The first-order valence-corrected chi connectivity index (χ1v) is 5.06. The lowest BCUT2D eigenvalue weighted by Crippen LogP contribution is -1.97. The SMILES string of the molecule is N#CNC=O.N#CNC=O.O=C(O)CCCCC(=O)O. The number of carbonyl (C=O) groups excluding carboxylic acids is 2. The zero-order valence-corrected chi connectivity index (χ0v) is 10.4. The van der Waals surface area contributed by atoms with Crippen molar-refractivity contribution in [2.24, 2.45) is 0 Å². The van der Waals surface area contributed by atoms with Gasteiger partial charge >= 0.3 is 11.9 Å². The van der Waals surface area contributed by atoms with E-state index in [1.807, 2.05) is 0 Å². The normalized spacial score (nSPS) is 6.90. The quantitative estimate of drug-likeness (QED) is 0.202. The Morgan fingerprint density at radius 3 is 1.30 bits per heavy atom. The highest BCUT2D eigenvalue weighted by atomic mass is 16.4. The van der Waals surface area contributed by atoms with Crippen LogP contribution in [-0.4, -0.2) is 35.0 Å². The lowest BCUT2D eigenvalue weighted by atomic mass is 10.2. The molecular formula is C10H14N4O6. The average molecular weight is 286 g/mol. The number of carboxylic acids is 2. The highest BCUT2D eigenvalue weighted by Crippen LogP contribution is 1.98. The van der Waals surface area contributed by atoms with Gasteiger partial charge in [0.15, 0.2) is 12.4 Å². The molecule has 0 aromatic carbocycles. The minimum Gasteiger partial charge on any atom is -0.481 e. The number of carbonyl (C=O) groups is 4. The van der Waals surface area contributed by atoms with Crippen molar-refractivity contribution < 1.29 is 29.4 Å². The second kappa shape index (κ2) is 21.2. The van der Waals surface area contributed by atoms with Gasteiger partial charge in [0, 0.05) is 12.8 Å². The molecule has 10 nitrogen and oxygen atoms in total. The number of nitrogens with one attached hydrogen (secondary N) is 2. The number of nitrogens with zero attached hydrogens (tertiary/aromatic N) is 2. The topological polar surface area (TPSA) is 180 Å². The van der Waals surface area contributed by atoms with E-state index in [9.17, 15) is 9.59 Å². The van der Waals surface area contributed by atoms with Crippen LogP contribution in [-0.2, 0) is 19.2 Å². The number of amides is 2. The van der Waals surface area contributed by atoms with Crippen molar-refractivity contribution in [3.05, 3.63) is 0 Å². The fraction of sp³-hybridized carbons (Fsp3) is 0.400. The minimum atomic E-state index is -0.870. The smallest absolute Gasteiger partial charge is 0.303 e. The van der Waals surface area contributed by atoms with Crippen LogP contribution in [0, 0.1) is 22.9 Å². The fourth-order valence-electron chi connectivity index (χ4n) is 0.605. The van der Waals surface area contributed by atoms with Crippen LogP contribution in [0.4, 0.5) is 0 Å². The van der Waals surface area contributed by atoms with E-state index < -0.39 is 11.9 Å². The van der Waals surface area contributed by atoms with E-state index in [-0.39, 0.29) is 12.8 Å². The van der Waals surface area contributed by atoms with Crippen LogP contribution in [0.5, 0.6) is 0 Å². The van der Waals surface area contributed by atoms with Gasteiger partial charge in [0.2, 0.25) is 12.8 Å². The van der Waals surface area contributed by atoms with E-state index in [1.165, 1.54) is 12.4 Å².